The molecule has 1 N–H and O–H groups in total. The Labute approximate surface area is 184 Å². The normalized spacial score (nSPS) is 12.7. The van der Waals surface area contributed by atoms with Crippen LogP contribution in [-0.2, 0) is 16.1 Å². The molecule has 30 heavy (non-hydrogen) atoms. The Morgan fingerprint density at radius 2 is 1.87 bits per heavy atom. The lowest BCUT2D eigenvalue weighted by molar-refractivity contribution is -0.142. The van der Waals surface area contributed by atoms with E-state index in [1.807, 2.05) is 58.0 Å². The van der Waals surface area contributed by atoms with Crippen molar-refractivity contribution < 1.29 is 14.3 Å². The topological polar surface area (TPSA) is 58.6 Å². The van der Waals surface area contributed by atoms with Crippen LogP contribution in [-0.4, -0.2) is 35.4 Å². The predicted molar refractivity (Wildman–Crippen MR) is 121 cm³/mol. The van der Waals surface area contributed by atoms with Crippen molar-refractivity contribution in [1.29, 1.82) is 0 Å². The number of benzene rings is 2. The molecule has 2 rings (SSSR count). The van der Waals surface area contributed by atoms with Crippen LogP contribution in [0.4, 0.5) is 0 Å². The molecule has 0 saturated heterocycles. The molecule has 0 aliphatic carbocycles. The summed E-state index contributed by atoms with van der Waals surface area (Å²) in [5.41, 5.74) is 2.95. The van der Waals surface area contributed by atoms with Crippen LogP contribution in [0.15, 0.2) is 42.5 Å². The van der Waals surface area contributed by atoms with Crippen molar-refractivity contribution in [3.8, 4) is 5.75 Å². The number of nitrogens with zero attached hydrogens (tertiary/aromatic N) is 1. The van der Waals surface area contributed by atoms with Crippen molar-refractivity contribution in [1.82, 2.24) is 10.2 Å². The van der Waals surface area contributed by atoms with E-state index in [0.717, 1.165) is 23.1 Å². The number of rotatable bonds is 9. The van der Waals surface area contributed by atoms with Gasteiger partial charge in [0.2, 0.25) is 5.91 Å². The third-order valence-electron chi connectivity index (χ3n) is 5.09. The molecular weight excluding hydrogens is 400 g/mol. The van der Waals surface area contributed by atoms with Gasteiger partial charge in [-0.15, -0.1) is 0 Å². The summed E-state index contributed by atoms with van der Waals surface area (Å²) in [6.07, 6.45) is 0.816. The second-order valence-electron chi connectivity index (χ2n) is 7.70. The lowest BCUT2D eigenvalue weighted by atomic mass is 10.1. The molecular formula is C24H31ClN2O3. The maximum Gasteiger partial charge on any atom is 0.261 e. The molecule has 162 valence electrons. The van der Waals surface area contributed by atoms with Crippen molar-refractivity contribution in [2.45, 2.75) is 59.7 Å². The van der Waals surface area contributed by atoms with E-state index in [1.54, 1.807) is 19.1 Å². The molecule has 0 heterocycles. The van der Waals surface area contributed by atoms with Gasteiger partial charge in [-0.25, -0.2) is 0 Å². The molecule has 0 radical (unpaired) electrons. The average Bonchev–Trinajstić information content (AvgIpc) is 2.70. The second kappa shape index (κ2) is 11.0. The van der Waals surface area contributed by atoms with Gasteiger partial charge < -0.3 is 15.0 Å². The summed E-state index contributed by atoms with van der Waals surface area (Å²) in [5.74, 6) is 0.210. The number of hydrogen-bond donors (Lipinski definition) is 1. The molecule has 5 nitrogen and oxygen atoms in total. The minimum absolute atomic E-state index is 0.0366. The molecule has 0 aliphatic heterocycles. The van der Waals surface area contributed by atoms with E-state index in [1.165, 1.54) is 4.90 Å². The Hall–Kier alpha value is -2.53. The number of hydrogen-bond acceptors (Lipinski definition) is 3. The number of carbonyl (C=O) groups excluding carboxylic acids is 2. The highest BCUT2D eigenvalue weighted by atomic mass is 35.5. The molecule has 6 heteroatoms. The number of halogens is 1. The fourth-order valence-electron chi connectivity index (χ4n) is 3.06. The maximum atomic E-state index is 13.1. The van der Waals surface area contributed by atoms with Crippen LogP contribution in [0, 0.1) is 13.8 Å². The van der Waals surface area contributed by atoms with Crippen molar-refractivity contribution in [2.24, 2.45) is 0 Å². The Morgan fingerprint density at radius 3 is 2.50 bits per heavy atom. The number of amides is 2. The first-order chi connectivity index (χ1) is 14.2. The zero-order valence-electron chi connectivity index (χ0n) is 18.4. The van der Waals surface area contributed by atoms with Gasteiger partial charge in [0, 0.05) is 17.6 Å². The van der Waals surface area contributed by atoms with Crippen LogP contribution >= 0.6 is 11.6 Å². The first-order valence-corrected chi connectivity index (χ1v) is 10.6. The maximum absolute atomic E-state index is 13.1. The summed E-state index contributed by atoms with van der Waals surface area (Å²) >= 11 is 6.10. The highest BCUT2D eigenvalue weighted by Crippen LogP contribution is 2.20. The number of carbonyl (C=O) groups is 2. The van der Waals surface area contributed by atoms with Crippen molar-refractivity contribution >= 4 is 23.4 Å². The van der Waals surface area contributed by atoms with Crippen LogP contribution in [0.3, 0.4) is 0 Å². The number of aryl methyl sites for hydroxylation is 2. The van der Waals surface area contributed by atoms with Gasteiger partial charge in [-0.1, -0.05) is 48.4 Å². The second-order valence-corrected chi connectivity index (χ2v) is 8.14. The summed E-state index contributed by atoms with van der Waals surface area (Å²) in [7, 11) is 0. The first kappa shape index (κ1) is 23.7. The van der Waals surface area contributed by atoms with Crippen LogP contribution in [0.5, 0.6) is 5.75 Å². The molecule has 0 bridgehead atoms. The highest BCUT2D eigenvalue weighted by Gasteiger charge is 2.27. The summed E-state index contributed by atoms with van der Waals surface area (Å²) in [6, 6.07) is 12.5. The summed E-state index contributed by atoms with van der Waals surface area (Å²) in [5, 5.41) is 3.54. The zero-order valence-corrected chi connectivity index (χ0v) is 19.1. The monoisotopic (exact) mass is 430 g/mol. The minimum atomic E-state index is -0.645. The fraction of sp³-hybridized carbons (Fsp3) is 0.417. The van der Waals surface area contributed by atoms with Gasteiger partial charge in [0.15, 0.2) is 6.61 Å². The van der Waals surface area contributed by atoms with E-state index >= 15 is 0 Å². The Balaban J connectivity index is 2.18. The first-order valence-electron chi connectivity index (χ1n) is 10.3. The van der Waals surface area contributed by atoms with Gasteiger partial charge in [0.1, 0.15) is 11.8 Å². The number of ether oxygens (including phenoxy) is 1. The Morgan fingerprint density at radius 1 is 1.13 bits per heavy atom. The van der Waals surface area contributed by atoms with Crippen LogP contribution in [0.25, 0.3) is 0 Å². The van der Waals surface area contributed by atoms with Crippen molar-refractivity contribution in [3.63, 3.8) is 0 Å². The van der Waals surface area contributed by atoms with Gasteiger partial charge in [-0.2, -0.15) is 0 Å². The molecule has 2 aromatic carbocycles. The van der Waals surface area contributed by atoms with E-state index in [9.17, 15) is 9.59 Å². The molecule has 2 unspecified atom stereocenters. The van der Waals surface area contributed by atoms with Crippen molar-refractivity contribution in [2.75, 3.05) is 6.61 Å². The lowest BCUT2D eigenvalue weighted by Crippen LogP contribution is -2.50. The summed E-state index contributed by atoms with van der Waals surface area (Å²) in [6.45, 7) is 9.75. The Kier molecular flexibility index (Phi) is 8.72. The standard InChI is InChI=1S/C24H31ClN2O3/c1-6-18(4)26-24(29)19(5)27(14-20-8-7-9-21(25)13-20)23(28)15-30-22-11-10-16(2)12-17(22)3/h7-13,18-19H,6,14-15H2,1-5H3,(H,26,29). The smallest absolute Gasteiger partial charge is 0.261 e. The molecule has 0 saturated carbocycles. The van der Waals surface area contributed by atoms with Gasteiger partial charge in [-0.05, 0) is 63.4 Å². The molecule has 0 aliphatic rings. The van der Waals surface area contributed by atoms with Crippen LogP contribution < -0.4 is 10.1 Å². The summed E-state index contributed by atoms with van der Waals surface area (Å²) in [4.78, 5) is 27.3. The molecule has 2 aromatic rings. The minimum Gasteiger partial charge on any atom is -0.483 e. The van der Waals surface area contributed by atoms with Crippen LogP contribution in [0.1, 0.15) is 43.9 Å². The largest absolute Gasteiger partial charge is 0.483 e. The number of nitrogens with one attached hydrogen (secondary N) is 1. The molecule has 2 atom stereocenters. The SMILES string of the molecule is CCC(C)NC(=O)C(C)N(Cc1cccc(Cl)c1)C(=O)COc1ccc(C)cc1C. The Bertz CT molecular complexity index is 885. The van der Waals surface area contributed by atoms with Gasteiger partial charge >= 0.3 is 0 Å². The van der Waals surface area contributed by atoms with E-state index < -0.39 is 6.04 Å². The van der Waals surface area contributed by atoms with Gasteiger partial charge in [0.05, 0.1) is 0 Å². The zero-order chi connectivity index (χ0) is 22.3. The van der Waals surface area contributed by atoms with E-state index in [0.29, 0.717) is 10.8 Å². The summed E-state index contributed by atoms with van der Waals surface area (Å²) < 4.78 is 5.78. The van der Waals surface area contributed by atoms with Crippen molar-refractivity contribution in [3.05, 3.63) is 64.2 Å². The molecule has 0 aromatic heterocycles. The highest BCUT2D eigenvalue weighted by molar-refractivity contribution is 6.30. The van der Waals surface area contributed by atoms with E-state index in [2.05, 4.69) is 5.32 Å². The van der Waals surface area contributed by atoms with Crippen LogP contribution in [0.2, 0.25) is 5.02 Å². The van der Waals surface area contributed by atoms with E-state index in [4.69, 9.17) is 16.3 Å². The average molecular weight is 431 g/mol. The van der Waals surface area contributed by atoms with E-state index in [-0.39, 0.29) is 31.0 Å². The lowest BCUT2D eigenvalue weighted by Gasteiger charge is -2.29. The molecule has 0 spiro atoms. The fourth-order valence-corrected chi connectivity index (χ4v) is 3.28. The van der Waals surface area contributed by atoms with Gasteiger partial charge in [0.25, 0.3) is 5.91 Å². The third-order valence-corrected chi connectivity index (χ3v) is 5.33. The quantitative estimate of drug-likeness (QED) is 0.629. The molecule has 2 amide bonds. The molecule has 0 fully saturated rings. The third kappa shape index (κ3) is 6.77. The van der Waals surface area contributed by atoms with Gasteiger partial charge in [-0.3, -0.25) is 9.59 Å². The predicted octanol–water partition coefficient (Wildman–Crippen LogP) is 4.67.